The van der Waals surface area contributed by atoms with E-state index in [-0.39, 0.29) is 0 Å². The summed E-state index contributed by atoms with van der Waals surface area (Å²) in [6.07, 6.45) is 12.0. The van der Waals surface area contributed by atoms with Crippen molar-refractivity contribution in [2.24, 2.45) is 11.3 Å². The predicted octanol–water partition coefficient (Wildman–Crippen LogP) is 2.10. The maximum Gasteiger partial charge on any atom is 0.0815 e. The topological polar surface area (TPSA) is 87.7 Å². The average Bonchev–Trinajstić information content (AvgIpc) is 3.47. The highest BCUT2D eigenvalue weighted by atomic mass is 16.6. The van der Waals surface area contributed by atoms with Crippen molar-refractivity contribution in [1.29, 1.82) is 0 Å². The molecule has 0 saturated carbocycles. The van der Waals surface area contributed by atoms with E-state index in [0.717, 1.165) is 52.2 Å². The van der Waals surface area contributed by atoms with Crippen LogP contribution in [0.1, 0.15) is 44.9 Å². The van der Waals surface area contributed by atoms with Crippen LogP contribution in [-0.2, 0) is 33.2 Å². The Hall–Kier alpha value is -0.280. The molecule has 7 heterocycles. The highest BCUT2D eigenvalue weighted by molar-refractivity contribution is 4.97. The van der Waals surface area contributed by atoms with Crippen LogP contribution < -0.4 is 0 Å². The molecule has 170 valence electrons. The second-order valence-corrected chi connectivity index (χ2v) is 10.6. The number of rotatable bonds is 14. The van der Waals surface area contributed by atoms with Gasteiger partial charge in [-0.25, -0.2) is 0 Å². The molecule has 30 heavy (non-hydrogen) atoms. The SMILES string of the molecule is C1OC1CC(CC1CO1)(CC1CO1)CC1CO1.C1OC1CC(CC1CO1)CC1CO1. The molecule has 0 spiro atoms. The van der Waals surface area contributed by atoms with E-state index in [1.807, 2.05) is 0 Å². The number of hydrogen-bond donors (Lipinski definition) is 0. The fourth-order valence-corrected chi connectivity index (χ4v) is 5.19. The molecule has 0 aliphatic carbocycles. The first-order valence-corrected chi connectivity index (χ1v) is 12.0. The zero-order chi connectivity index (χ0) is 20.0. The average molecular weight is 425 g/mol. The maximum absolute atomic E-state index is 5.45. The molecule has 7 atom stereocenters. The fraction of sp³-hybridized carbons (Fsp3) is 1.00. The van der Waals surface area contributed by atoms with Crippen LogP contribution in [0.25, 0.3) is 0 Å². The lowest BCUT2D eigenvalue weighted by molar-refractivity contribution is 0.129. The number of epoxide rings is 7. The molecule has 0 aromatic carbocycles. The van der Waals surface area contributed by atoms with Crippen LogP contribution in [0.5, 0.6) is 0 Å². The first kappa shape index (κ1) is 20.3. The maximum atomic E-state index is 5.45. The quantitative estimate of drug-likeness (QED) is 0.395. The lowest BCUT2D eigenvalue weighted by Crippen LogP contribution is -2.29. The molecule has 7 fully saturated rings. The largest absolute Gasteiger partial charge is 0.373 e. The summed E-state index contributed by atoms with van der Waals surface area (Å²) >= 11 is 0. The summed E-state index contributed by atoms with van der Waals surface area (Å²) in [5.41, 5.74) is 0.338. The van der Waals surface area contributed by atoms with Crippen molar-refractivity contribution in [3.8, 4) is 0 Å². The van der Waals surface area contributed by atoms with Crippen molar-refractivity contribution in [3.63, 3.8) is 0 Å². The summed E-state index contributed by atoms with van der Waals surface area (Å²) in [6.45, 7) is 6.73. The predicted molar refractivity (Wildman–Crippen MR) is 106 cm³/mol. The van der Waals surface area contributed by atoms with Crippen LogP contribution in [0.4, 0.5) is 0 Å². The molecule has 7 aliphatic heterocycles. The molecule has 0 N–H and O–H groups in total. The molecule has 7 nitrogen and oxygen atoms in total. The van der Waals surface area contributed by atoms with Crippen LogP contribution in [-0.4, -0.2) is 89.0 Å². The van der Waals surface area contributed by atoms with E-state index in [4.69, 9.17) is 33.2 Å². The third-order valence-electron chi connectivity index (χ3n) is 7.25. The fourth-order valence-electron chi connectivity index (χ4n) is 5.19. The van der Waals surface area contributed by atoms with E-state index in [2.05, 4.69) is 0 Å². The van der Waals surface area contributed by atoms with Crippen LogP contribution in [0, 0.1) is 11.3 Å². The smallest absolute Gasteiger partial charge is 0.0815 e. The van der Waals surface area contributed by atoms with Gasteiger partial charge in [-0.15, -0.1) is 0 Å². The molecule has 7 heteroatoms. The van der Waals surface area contributed by atoms with E-state index < -0.39 is 0 Å². The number of hydrogen-bond acceptors (Lipinski definition) is 7. The van der Waals surface area contributed by atoms with Crippen molar-refractivity contribution in [1.82, 2.24) is 0 Å². The molecule has 7 saturated heterocycles. The molecule has 7 unspecified atom stereocenters. The summed E-state index contributed by atoms with van der Waals surface area (Å²) < 4.78 is 37.6. The summed E-state index contributed by atoms with van der Waals surface area (Å²) in [5.74, 6) is 0.771. The number of ether oxygens (including phenoxy) is 7. The molecule has 0 bridgehead atoms. The van der Waals surface area contributed by atoms with Gasteiger partial charge in [0.25, 0.3) is 0 Å². The highest BCUT2D eigenvalue weighted by Gasteiger charge is 2.48. The molecule has 0 aromatic rings. The van der Waals surface area contributed by atoms with Gasteiger partial charge in [0.05, 0.1) is 89.0 Å². The van der Waals surface area contributed by atoms with Crippen LogP contribution in [0.15, 0.2) is 0 Å². The zero-order valence-electron chi connectivity index (χ0n) is 17.9. The van der Waals surface area contributed by atoms with Gasteiger partial charge in [-0.05, 0) is 56.3 Å². The van der Waals surface area contributed by atoms with E-state index in [0.29, 0.717) is 48.1 Å². The van der Waals surface area contributed by atoms with E-state index in [9.17, 15) is 0 Å². The first-order valence-electron chi connectivity index (χ1n) is 12.0. The Balaban J connectivity index is 0.000000121. The Bertz CT molecular complexity index is 477. The van der Waals surface area contributed by atoms with Crippen molar-refractivity contribution in [2.45, 2.75) is 87.7 Å². The minimum absolute atomic E-state index is 0.338. The van der Waals surface area contributed by atoms with Gasteiger partial charge < -0.3 is 33.2 Å². The monoisotopic (exact) mass is 424 g/mol. The molecule has 0 radical (unpaired) electrons. The zero-order valence-corrected chi connectivity index (χ0v) is 17.9. The molecule has 0 amide bonds. The lowest BCUT2D eigenvalue weighted by atomic mass is 9.72. The Morgan fingerprint density at radius 1 is 0.433 bits per heavy atom. The summed E-state index contributed by atoms with van der Waals surface area (Å²) in [7, 11) is 0. The van der Waals surface area contributed by atoms with Gasteiger partial charge >= 0.3 is 0 Å². The van der Waals surface area contributed by atoms with Crippen molar-refractivity contribution >= 4 is 0 Å². The second kappa shape index (κ2) is 8.58. The first-order chi connectivity index (χ1) is 14.7. The molecular formula is C23H36O7. The third kappa shape index (κ3) is 7.12. The van der Waals surface area contributed by atoms with Gasteiger partial charge in [-0.3, -0.25) is 0 Å². The Morgan fingerprint density at radius 2 is 0.667 bits per heavy atom. The summed E-state index contributed by atoms with van der Waals surface area (Å²) in [5, 5.41) is 0. The van der Waals surface area contributed by atoms with Crippen molar-refractivity contribution < 1.29 is 33.2 Å². The minimum atomic E-state index is 0.338. The van der Waals surface area contributed by atoms with Crippen LogP contribution in [0.3, 0.4) is 0 Å². The standard InChI is InChI=1S/C13H20O4.C10H16O3/c1(9-5-14-9)13(2-10-6-15-10,3-11-7-16-11)4-12-8-17-12;1(8-4-11-8)7(2-9-5-12-9)3-10-6-13-10/h9-12H,1-8H2;7-10H,1-6H2. The van der Waals surface area contributed by atoms with Gasteiger partial charge in [0.2, 0.25) is 0 Å². The van der Waals surface area contributed by atoms with Crippen LogP contribution >= 0.6 is 0 Å². The van der Waals surface area contributed by atoms with Gasteiger partial charge in [-0.1, -0.05) is 0 Å². The van der Waals surface area contributed by atoms with Crippen molar-refractivity contribution in [2.75, 3.05) is 46.2 Å². The molecule has 7 rings (SSSR count). The summed E-state index contributed by atoms with van der Waals surface area (Å²) in [4.78, 5) is 0. The van der Waals surface area contributed by atoms with E-state index in [1.54, 1.807) is 0 Å². The van der Waals surface area contributed by atoms with Crippen LogP contribution in [0.2, 0.25) is 0 Å². The Labute approximate surface area is 179 Å². The summed E-state index contributed by atoms with van der Waals surface area (Å²) in [6, 6.07) is 0. The van der Waals surface area contributed by atoms with Gasteiger partial charge in [-0.2, -0.15) is 0 Å². The second-order valence-electron chi connectivity index (χ2n) is 10.6. The van der Waals surface area contributed by atoms with Gasteiger partial charge in [0.15, 0.2) is 0 Å². The van der Waals surface area contributed by atoms with Crippen molar-refractivity contribution in [3.05, 3.63) is 0 Å². The van der Waals surface area contributed by atoms with Gasteiger partial charge in [0, 0.05) is 0 Å². The molecule has 0 aromatic heterocycles. The van der Waals surface area contributed by atoms with Gasteiger partial charge in [0.1, 0.15) is 0 Å². The lowest BCUT2D eigenvalue weighted by Gasteiger charge is -2.32. The highest BCUT2D eigenvalue weighted by Crippen LogP contribution is 2.48. The Kier molecular flexibility index (Phi) is 5.81. The van der Waals surface area contributed by atoms with E-state index >= 15 is 0 Å². The minimum Gasteiger partial charge on any atom is -0.373 e. The molecular weight excluding hydrogens is 388 g/mol. The Morgan fingerprint density at radius 3 is 0.867 bits per heavy atom. The normalized spacial score (nSPS) is 44.2. The van der Waals surface area contributed by atoms with E-state index in [1.165, 1.54) is 44.9 Å². The third-order valence-corrected chi connectivity index (χ3v) is 7.25. The molecule has 7 aliphatic rings.